The smallest absolute Gasteiger partial charge is 0.337 e. The summed E-state index contributed by atoms with van der Waals surface area (Å²) in [6.45, 7) is 1.80. The molecule has 104 valence electrons. The van der Waals surface area contributed by atoms with Crippen molar-refractivity contribution in [2.45, 2.75) is 6.92 Å². The third-order valence-corrected chi connectivity index (χ3v) is 3.72. The van der Waals surface area contributed by atoms with E-state index in [1.54, 1.807) is 18.4 Å². The number of benzene rings is 1. The lowest BCUT2D eigenvalue weighted by Gasteiger charge is -2.07. The van der Waals surface area contributed by atoms with E-state index in [4.69, 9.17) is 0 Å². The van der Waals surface area contributed by atoms with Gasteiger partial charge in [0, 0.05) is 0 Å². The number of aryl methyl sites for hydroxylation is 1. The largest absolute Gasteiger partial charge is 0.465 e. The summed E-state index contributed by atoms with van der Waals surface area (Å²) in [4.78, 5) is 23.9. The Balaban J connectivity index is 2.27. The predicted octanol–water partition coefficient (Wildman–Crippen LogP) is 3.23. The number of methoxy groups -OCH3 is 1. The quantitative estimate of drug-likeness (QED) is 0.884. The molecule has 0 atom stereocenters. The number of carbonyl (C=O) groups excluding carboxylic acids is 2. The summed E-state index contributed by atoms with van der Waals surface area (Å²) in [6.07, 6.45) is 0. The van der Waals surface area contributed by atoms with Crippen LogP contribution in [0.4, 0.5) is 10.1 Å². The van der Waals surface area contributed by atoms with Gasteiger partial charge < -0.3 is 10.1 Å². The second-order valence-corrected chi connectivity index (χ2v) is 4.99. The third kappa shape index (κ3) is 2.85. The van der Waals surface area contributed by atoms with Crippen LogP contribution < -0.4 is 5.32 Å². The number of amides is 1. The third-order valence-electron chi connectivity index (χ3n) is 2.70. The van der Waals surface area contributed by atoms with Crippen molar-refractivity contribution in [2.75, 3.05) is 12.4 Å². The summed E-state index contributed by atoms with van der Waals surface area (Å²) in [7, 11) is 1.24. The summed E-state index contributed by atoms with van der Waals surface area (Å²) in [5.74, 6) is -1.61. The van der Waals surface area contributed by atoms with Crippen molar-refractivity contribution < 1.29 is 18.7 Å². The summed E-state index contributed by atoms with van der Waals surface area (Å²) in [5.41, 5.74) is 0.940. The van der Waals surface area contributed by atoms with E-state index in [0.717, 1.165) is 11.6 Å². The fraction of sp³-hybridized carbons (Fsp3) is 0.143. The molecule has 1 amide bonds. The van der Waals surface area contributed by atoms with E-state index >= 15 is 0 Å². The van der Waals surface area contributed by atoms with Gasteiger partial charge in [-0.2, -0.15) is 0 Å². The Morgan fingerprint density at radius 3 is 2.65 bits per heavy atom. The number of hydrogen-bond acceptors (Lipinski definition) is 4. The number of anilines is 1. The van der Waals surface area contributed by atoms with Crippen LogP contribution in [-0.2, 0) is 4.74 Å². The first-order valence-electron chi connectivity index (χ1n) is 5.76. The van der Waals surface area contributed by atoms with Gasteiger partial charge in [-0.3, -0.25) is 4.79 Å². The van der Waals surface area contributed by atoms with Crippen molar-refractivity contribution >= 4 is 28.9 Å². The lowest BCUT2D eigenvalue weighted by molar-refractivity contribution is 0.0600. The zero-order valence-electron chi connectivity index (χ0n) is 10.9. The van der Waals surface area contributed by atoms with Crippen molar-refractivity contribution in [3.8, 4) is 0 Å². The molecule has 2 aromatic rings. The van der Waals surface area contributed by atoms with Crippen LogP contribution in [0.2, 0.25) is 0 Å². The Kier molecular flexibility index (Phi) is 4.14. The van der Waals surface area contributed by atoms with Gasteiger partial charge in [0.25, 0.3) is 5.91 Å². The molecule has 0 bridgehead atoms. The fourth-order valence-corrected chi connectivity index (χ4v) is 2.47. The van der Waals surface area contributed by atoms with E-state index in [0.29, 0.717) is 4.88 Å². The van der Waals surface area contributed by atoms with E-state index in [1.165, 1.54) is 30.6 Å². The van der Waals surface area contributed by atoms with Crippen LogP contribution in [0.3, 0.4) is 0 Å². The molecule has 1 aromatic heterocycles. The Labute approximate surface area is 119 Å². The van der Waals surface area contributed by atoms with Crippen LogP contribution >= 0.6 is 11.3 Å². The summed E-state index contributed by atoms with van der Waals surface area (Å²) in [5, 5.41) is 4.24. The summed E-state index contributed by atoms with van der Waals surface area (Å²) in [6, 6.07) is 5.47. The highest BCUT2D eigenvalue weighted by atomic mass is 32.1. The Hall–Kier alpha value is -2.21. The SMILES string of the molecule is COC(=O)c1ccc(F)c(NC(=O)c2sccc2C)c1. The van der Waals surface area contributed by atoms with Gasteiger partial charge in [0.15, 0.2) is 0 Å². The number of hydrogen-bond donors (Lipinski definition) is 1. The van der Waals surface area contributed by atoms with Gasteiger partial charge in [0.2, 0.25) is 0 Å². The van der Waals surface area contributed by atoms with Crippen LogP contribution in [0.15, 0.2) is 29.6 Å². The van der Waals surface area contributed by atoms with Crippen molar-refractivity contribution in [1.82, 2.24) is 0 Å². The van der Waals surface area contributed by atoms with Crippen LogP contribution in [-0.4, -0.2) is 19.0 Å². The van der Waals surface area contributed by atoms with Gasteiger partial charge in [-0.1, -0.05) is 0 Å². The van der Waals surface area contributed by atoms with Crippen LogP contribution in [0.25, 0.3) is 0 Å². The van der Waals surface area contributed by atoms with Gasteiger partial charge in [-0.15, -0.1) is 11.3 Å². The van der Waals surface area contributed by atoms with E-state index in [1.807, 2.05) is 0 Å². The maximum absolute atomic E-state index is 13.7. The van der Waals surface area contributed by atoms with Gasteiger partial charge in [-0.05, 0) is 42.1 Å². The standard InChI is InChI=1S/C14H12FNO3S/c1-8-5-6-20-12(8)13(17)16-11-7-9(14(18)19-2)3-4-10(11)15/h3-7H,1-2H3,(H,16,17). The lowest BCUT2D eigenvalue weighted by Crippen LogP contribution is -2.13. The van der Waals surface area contributed by atoms with Crippen molar-refractivity contribution in [3.63, 3.8) is 0 Å². The van der Waals surface area contributed by atoms with Crippen molar-refractivity contribution in [1.29, 1.82) is 0 Å². The van der Waals surface area contributed by atoms with Gasteiger partial charge >= 0.3 is 5.97 Å². The molecular formula is C14H12FNO3S. The second kappa shape index (κ2) is 5.83. The highest BCUT2D eigenvalue weighted by Gasteiger charge is 2.15. The maximum atomic E-state index is 13.7. The zero-order chi connectivity index (χ0) is 14.7. The molecule has 20 heavy (non-hydrogen) atoms. The topological polar surface area (TPSA) is 55.4 Å². The van der Waals surface area contributed by atoms with Crippen molar-refractivity contribution in [2.24, 2.45) is 0 Å². The number of halogens is 1. The highest BCUT2D eigenvalue weighted by molar-refractivity contribution is 7.12. The molecule has 0 radical (unpaired) electrons. The molecule has 2 rings (SSSR count). The molecule has 0 aliphatic carbocycles. The number of rotatable bonds is 3. The molecule has 1 N–H and O–H groups in total. The molecule has 0 unspecified atom stereocenters. The molecular weight excluding hydrogens is 281 g/mol. The van der Waals surface area contributed by atoms with Crippen molar-refractivity contribution in [3.05, 3.63) is 51.5 Å². The Bertz CT molecular complexity index is 666. The normalized spacial score (nSPS) is 10.2. The monoisotopic (exact) mass is 293 g/mol. The van der Waals surface area contributed by atoms with E-state index < -0.39 is 17.7 Å². The Morgan fingerprint density at radius 1 is 1.30 bits per heavy atom. The molecule has 6 heteroatoms. The van der Waals surface area contributed by atoms with Crippen LogP contribution in [0.1, 0.15) is 25.6 Å². The highest BCUT2D eigenvalue weighted by Crippen LogP contribution is 2.21. The molecule has 0 spiro atoms. The number of thiophene rings is 1. The first-order chi connectivity index (χ1) is 9.52. The number of nitrogens with one attached hydrogen (secondary N) is 1. The molecule has 4 nitrogen and oxygen atoms in total. The number of ether oxygens (including phenoxy) is 1. The molecule has 0 saturated heterocycles. The fourth-order valence-electron chi connectivity index (χ4n) is 1.65. The minimum Gasteiger partial charge on any atom is -0.465 e. The minimum absolute atomic E-state index is 0.0503. The second-order valence-electron chi connectivity index (χ2n) is 4.07. The first kappa shape index (κ1) is 14.2. The Morgan fingerprint density at radius 2 is 2.05 bits per heavy atom. The zero-order valence-corrected chi connectivity index (χ0v) is 11.7. The van der Waals surface area contributed by atoms with E-state index in [9.17, 15) is 14.0 Å². The average molecular weight is 293 g/mol. The molecule has 1 aromatic carbocycles. The lowest BCUT2D eigenvalue weighted by atomic mass is 10.2. The first-order valence-corrected chi connectivity index (χ1v) is 6.64. The van der Waals surface area contributed by atoms with Gasteiger partial charge in [0.05, 0.1) is 23.2 Å². The van der Waals surface area contributed by atoms with Crippen LogP contribution in [0.5, 0.6) is 0 Å². The van der Waals surface area contributed by atoms with Gasteiger partial charge in [0.1, 0.15) is 5.82 Å². The molecule has 1 heterocycles. The maximum Gasteiger partial charge on any atom is 0.337 e. The predicted molar refractivity (Wildman–Crippen MR) is 74.7 cm³/mol. The molecule has 0 fully saturated rings. The van der Waals surface area contributed by atoms with Crippen LogP contribution in [0, 0.1) is 12.7 Å². The van der Waals surface area contributed by atoms with Gasteiger partial charge in [-0.25, -0.2) is 9.18 Å². The summed E-state index contributed by atoms with van der Waals surface area (Å²) >= 11 is 1.27. The van der Waals surface area contributed by atoms with E-state index in [-0.39, 0.29) is 11.3 Å². The minimum atomic E-state index is -0.611. The average Bonchev–Trinajstić information content (AvgIpc) is 2.86. The molecule has 0 saturated carbocycles. The number of esters is 1. The summed E-state index contributed by atoms with van der Waals surface area (Å²) < 4.78 is 18.2. The van der Waals surface area contributed by atoms with E-state index in [2.05, 4.69) is 10.1 Å². The molecule has 0 aliphatic heterocycles. The number of carbonyl (C=O) groups is 2. The molecule has 0 aliphatic rings.